The molecule has 1 aromatic heterocycles. The van der Waals surface area contributed by atoms with Gasteiger partial charge in [-0.25, -0.2) is 9.97 Å². The molecule has 2 N–H and O–H groups in total. The van der Waals surface area contributed by atoms with E-state index in [1.54, 1.807) is 12.5 Å². The van der Waals surface area contributed by atoms with Gasteiger partial charge in [-0.05, 0) is 11.6 Å². The Kier molecular flexibility index (Phi) is 2.51. The maximum absolute atomic E-state index is 5.51. The number of aromatic nitrogens is 2. The van der Waals surface area contributed by atoms with Crippen molar-refractivity contribution in [2.45, 2.75) is 6.54 Å². The fraction of sp³-hybridized carbons (Fsp3) is 0.0909. The molecule has 0 saturated heterocycles. The van der Waals surface area contributed by atoms with Gasteiger partial charge in [-0.15, -0.1) is 0 Å². The lowest BCUT2D eigenvalue weighted by Gasteiger charge is -2.00. The summed E-state index contributed by atoms with van der Waals surface area (Å²) in [7, 11) is 0. The first-order chi connectivity index (χ1) is 6.90. The Bertz CT molecular complexity index is 395. The van der Waals surface area contributed by atoms with Gasteiger partial charge in [0.1, 0.15) is 6.33 Å². The van der Waals surface area contributed by atoms with E-state index < -0.39 is 0 Å². The van der Waals surface area contributed by atoms with Gasteiger partial charge in [-0.2, -0.15) is 0 Å². The molecular weight excluding hydrogens is 174 g/mol. The second-order valence-electron chi connectivity index (χ2n) is 3.00. The first-order valence-corrected chi connectivity index (χ1v) is 4.45. The molecule has 0 amide bonds. The van der Waals surface area contributed by atoms with Crippen LogP contribution in [0.3, 0.4) is 0 Å². The fourth-order valence-corrected chi connectivity index (χ4v) is 1.27. The van der Waals surface area contributed by atoms with Gasteiger partial charge >= 0.3 is 0 Å². The molecule has 0 aliphatic heterocycles. The van der Waals surface area contributed by atoms with Gasteiger partial charge in [-0.1, -0.05) is 24.3 Å². The highest BCUT2D eigenvalue weighted by molar-refractivity contribution is 5.58. The van der Waals surface area contributed by atoms with Crippen molar-refractivity contribution in [3.63, 3.8) is 0 Å². The van der Waals surface area contributed by atoms with Crippen LogP contribution in [-0.4, -0.2) is 9.97 Å². The monoisotopic (exact) mass is 185 g/mol. The molecule has 1 heterocycles. The normalized spacial score (nSPS) is 10.1. The van der Waals surface area contributed by atoms with Crippen molar-refractivity contribution in [1.82, 2.24) is 9.97 Å². The maximum Gasteiger partial charge on any atom is 0.116 e. The molecule has 70 valence electrons. The summed E-state index contributed by atoms with van der Waals surface area (Å²) < 4.78 is 0. The lowest BCUT2D eigenvalue weighted by Crippen LogP contribution is -1.95. The topological polar surface area (TPSA) is 51.8 Å². The van der Waals surface area contributed by atoms with Crippen molar-refractivity contribution in [3.8, 4) is 11.3 Å². The van der Waals surface area contributed by atoms with E-state index in [0.717, 1.165) is 16.8 Å². The van der Waals surface area contributed by atoms with Gasteiger partial charge in [0, 0.05) is 18.3 Å². The van der Waals surface area contributed by atoms with E-state index in [1.807, 2.05) is 30.3 Å². The van der Waals surface area contributed by atoms with E-state index in [4.69, 9.17) is 5.73 Å². The second-order valence-corrected chi connectivity index (χ2v) is 3.00. The standard InChI is InChI=1S/C11H11N3/c12-7-9-1-3-10(4-2-9)11-5-6-13-8-14-11/h1-6,8H,7,12H2. The van der Waals surface area contributed by atoms with Gasteiger partial charge in [0.25, 0.3) is 0 Å². The maximum atomic E-state index is 5.51. The minimum Gasteiger partial charge on any atom is -0.326 e. The molecule has 2 rings (SSSR count). The zero-order valence-electron chi connectivity index (χ0n) is 7.72. The lowest BCUT2D eigenvalue weighted by molar-refractivity contribution is 1.07. The quantitative estimate of drug-likeness (QED) is 0.773. The van der Waals surface area contributed by atoms with Crippen LogP contribution in [0.2, 0.25) is 0 Å². The zero-order valence-corrected chi connectivity index (χ0v) is 7.72. The number of nitrogens with zero attached hydrogens (tertiary/aromatic N) is 2. The van der Waals surface area contributed by atoms with Crippen LogP contribution < -0.4 is 5.73 Å². The lowest BCUT2D eigenvalue weighted by atomic mass is 10.1. The second kappa shape index (κ2) is 3.98. The van der Waals surface area contributed by atoms with Crippen molar-refractivity contribution in [1.29, 1.82) is 0 Å². The molecular formula is C11H11N3. The van der Waals surface area contributed by atoms with Crippen LogP contribution in [0, 0.1) is 0 Å². The highest BCUT2D eigenvalue weighted by atomic mass is 14.8. The minimum atomic E-state index is 0.573. The molecule has 1 aromatic carbocycles. The third-order valence-electron chi connectivity index (χ3n) is 2.07. The van der Waals surface area contributed by atoms with Crippen LogP contribution in [0.5, 0.6) is 0 Å². The minimum absolute atomic E-state index is 0.573. The van der Waals surface area contributed by atoms with Crippen molar-refractivity contribution >= 4 is 0 Å². The molecule has 0 radical (unpaired) electrons. The Labute approximate surface area is 82.6 Å². The molecule has 0 aliphatic rings. The summed E-state index contributed by atoms with van der Waals surface area (Å²) >= 11 is 0. The molecule has 0 fully saturated rings. The van der Waals surface area contributed by atoms with Gasteiger partial charge in [0.2, 0.25) is 0 Å². The Hall–Kier alpha value is -1.74. The Morgan fingerprint density at radius 3 is 2.43 bits per heavy atom. The summed E-state index contributed by atoms with van der Waals surface area (Å²) in [6.07, 6.45) is 3.28. The van der Waals surface area contributed by atoms with Gasteiger partial charge < -0.3 is 5.73 Å². The third-order valence-corrected chi connectivity index (χ3v) is 2.07. The van der Waals surface area contributed by atoms with Gasteiger partial charge in [0.05, 0.1) is 5.69 Å². The van der Waals surface area contributed by atoms with Crippen molar-refractivity contribution in [2.75, 3.05) is 0 Å². The van der Waals surface area contributed by atoms with Crippen molar-refractivity contribution in [2.24, 2.45) is 5.73 Å². The molecule has 3 heteroatoms. The summed E-state index contributed by atoms with van der Waals surface area (Å²) in [6.45, 7) is 0.573. The molecule has 14 heavy (non-hydrogen) atoms. The predicted octanol–water partition coefficient (Wildman–Crippen LogP) is 1.60. The van der Waals surface area contributed by atoms with E-state index >= 15 is 0 Å². The van der Waals surface area contributed by atoms with Crippen LogP contribution in [-0.2, 0) is 6.54 Å². The smallest absolute Gasteiger partial charge is 0.116 e. The average Bonchev–Trinajstić information content (AvgIpc) is 2.30. The number of hydrogen-bond acceptors (Lipinski definition) is 3. The molecule has 0 bridgehead atoms. The predicted molar refractivity (Wildman–Crippen MR) is 55.4 cm³/mol. The number of rotatable bonds is 2. The Morgan fingerprint density at radius 1 is 1.07 bits per heavy atom. The summed E-state index contributed by atoms with van der Waals surface area (Å²) in [5, 5.41) is 0. The van der Waals surface area contributed by atoms with Crippen LogP contribution in [0.1, 0.15) is 5.56 Å². The Balaban J connectivity index is 2.34. The molecule has 3 nitrogen and oxygen atoms in total. The largest absolute Gasteiger partial charge is 0.326 e. The van der Waals surface area contributed by atoms with Crippen LogP contribution >= 0.6 is 0 Å². The van der Waals surface area contributed by atoms with Gasteiger partial charge in [-0.3, -0.25) is 0 Å². The highest BCUT2D eigenvalue weighted by Gasteiger charge is 1.97. The summed E-state index contributed by atoms with van der Waals surface area (Å²) in [5.74, 6) is 0. The van der Waals surface area contributed by atoms with E-state index in [-0.39, 0.29) is 0 Å². The molecule has 2 aromatic rings. The molecule has 0 unspecified atom stereocenters. The first-order valence-electron chi connectivity index (χ1n) is 4.45. The molecule has 0 atom stereocenters. The molecule has 0 saturated carbocycles. The van der Waals surface area contributed by atoms with E-state index in [2.05, 4.69) is 9.97 Å². The summed E-state index contributed by atoms with van der Waals surface area (Å²) in [4.78, 5) is 8.04. The van der Waals surface area contributed by atoms with E-state index in [9.17, 15) is 0 Å². The van der Waals surface area contributed by atoms with Crippen LogP contribution in [0.15, 0.2) is 42.9 Å². The highest BCUT2D eigenvalue weighted by Crippen LogP contribution is 2.15. The average molecular weight is 185 g/mol. The van der Waals surface area contributed by atoms with Crippen LogP contribution in [0.25, 0.3) is 11.3 Å². The zero-order chi connectivity index (χ0) is 9.80. The number of benzene rings is 1. The fourth-order valence-electron chi connectivity index (χ4n) is 1.27. The Morgan fingerprint density at radius 2 is 1.86 bits per heavy atom. The number of nitrogens with two attached hydrogens (primary N) is 1. The van der Waals surface area contributed by atoms with Gasteiger partial charge in [0.15, 0.2) is 0 Å². The summed E-state index contributed by atoms with van der Waals surface area (Å²) in [5.41, 5.74) is 8.66. The van der Waals surface area contributed by atoms with E-state index in [0.29, 0.717) is 6.54 Å². The SMILES string of the molecule is NCc1ccc(-c2ccncn2)cc1. The van der Waals surface area contributed by atoms with Crippen molar-refractivity contribution < 1.29 is 0 Å². The van der Waals surface area contributed by atoms with Crippen LogP contribution in [0.4, 0.5) is 0 Å². The van der Waals surface area contributed by atoms with Crippen molar-refractivity contribution in [3.05, 3.63) is 48.4 Å². The third kappa shape index (κ3) is 1.78. The first kappa shape index (κ1) is 8.84. The molecule has 0 spiro atoms. The molecule has 0 aliphatic carbocycles. The van der Waals surface area contributed by atoms with E-state index in [1.165, 1.54) is 0 Å². The summed E-state index contributed by atoms with van der Waals surface area (Å²) in [6, 6.07) is 9.95. The number of hydrogen-bond donors (Lipinski definition) is 1.